The van der Waals surface area contributed by atoms with Gasteiger partial charge in [0.05, 0.1) is 0 Å². The summed E-state index contributed by atoms with van der Waals surface area (Å²) in [6, 6.07) is 0. The van der Waals surface area contributed by atoms with Crippen LogP contribution in [0.5, 0.6) is 0 Å². The zero-order chi connectivity index (χ0) is 23.4. The third-order valence-corrected chi connectivity index (χ3v) is 6.13. The smallest absolute Gasteiger partial charge is 0.157 e. The predicted molar refractivity (Wildman–Crippen MR) is 140 cm³/mol. The van der Waals surface area contributed by atoms with Crippen LogP contribution in [0.25, 0.3) is 0 Å². The van der Waals surface area contributed by atoms with E-state index in [4.69, 9.17) is 14.6 Å². The molecule has 0 aliphatic rings. The summed E-state index contributed by atoms with van der Waals surface area (Å²) in [5, 5.41) is 8.74. The molecule has 0 aliphatic heterocycles. The molecule has 0 atom stereocenters. The Kier molecular flexibility index (Phi) is 28.3. The third kappa shape index (κ3) is 25.9. The predicted octanol–water partition coefficient (Wildman–Crippen LogP) is 9.13. The molecule has 0 amide bonds. The van der Waals surface area contributed by atoms with Gasteiger partial charge in [-0.3, -0.25) is 0 Å². The van der Waals surface area contributed by atoms with Crippen LogP contribution in [-0.4, -0.2) is 31.2 Å². The molecule has 0 saturated heterocycles. The lowest BCUT2D eigenvalue weighted by atomic mass is 10.1. The van der Waals surface area contributed by atoms with Gasteiger partial charge < -0.3 is 14.6 Å². The highest BCUT2D eigenvalue weighted by Gasteiger charge is 2.09. The molecule has 0 unspecified atom stereocenters. The topological polar surface area (TPSA) is 38.7 Å². The maximum absolute atomic E-state index is 8.74. The molecular formula is C29H58O3. The molecule has 0 aromatic heterocycles. The van der Waals surface area contributed by atoms with Crippen LogP contribution in [0.2, 0.25) is 0 Å². The lowest BCUT2D eigenvalue weighted by Gasteiger charge is -2.19. The van der Waals surface area contributed by atoms with Crippen LogP contribution in [0.3, 0.4) is 0 Å². The van der Waals surface area contributed by atoms with Gasteiger partial charge >= 0.3 is 0 Å². The number of hydrogen-bond acceptors (Lipinski definition) is 3. The standard InChI is InChI=1S/C29H58O3/c1-3-5-7-19-23-27-31-29(32-28-24-20-8-6-4-2)25-21-17-15-13-11-9-10-12-14-16-18-22-26-30/h16,18,29-30H,3-15,17,19-28H2,1-2H3/b18-16-. The summed E-state index contributed by atoms with van der Waals surface area (Å²) in [5.74, 6) is 0. The Bertz CT molecular complexity index is 340. The fourth-order valence-electron chi connectivity index (χ4n) is 4.00. The van der Waals surface area contributed by atoms with Gasteiger partial charge in [-0.25, -0.2) is 0 Å². The molecule has 0 aromatic carbocycles. The molecule has 0 rings (SSSR count). The van der Waals surface area contributed by atoms with E-state index in [0.717, 1.165) is 26.1 Å². The normalized spacial score (nSPS) is 11.9. The van der Waals surface area contributed by atoms with Crippen LogP contribution in [-0.2, 0) is 9.47 Å². The Morgan fingerprint density at radius 1 is 0.531 bits per heavy atom. The molecule has 0 heterocycles. The quantitative estimate of drug-likeness (QED) is 0.0763. The van der Waals surface area contributed by atoms with Crippen molar-refractivity contribution in [3.05, 3.63) is 12.2 Å². The Balaban J connectivity index is 3.73. The molecule has 0 fully saturated rings. The first-order chi connectivity index (χ1) is 15.8. The Morgan fingerprint density at radius 2 is 0.969 bits per heavy atom. The zero-order valence-electron chi connectivity index (χ0n) is 22.0. The second-order valence-electron chi connectivity index (χ2n) is 9.39. The van der Waals surface area contributed by atoms with Crippen molar-refractivity contribution in [3.63, 3.8) is 0 Å². The molecule has 0 aliphatic carbocycles. The molecule has 0 saturated carbocycles. The minimum Gasteiger partial charge on any atom is -0.396 e. The van der Waals surface area contributed by atoms with Crippen molar-refractivity contribution in [1.82, 2.24) is 0 Å². The third-order valence-electron chi connectivity index (χ3n) is 6.13. The number of hydrogen-bond donors (Lipinski definition) is 1. The highest BCUT2D eigenvalue weighted by Crippen LogP contribution is 2.15. The highest BCUT2D eigenvalue weighted by molar-refractivity contribution is 4.80. The maximum Gasteiger partial charge on any atom is 0.157 e. The van der Waals surface area contributed by atoms with Crippen molar-refractivity contribution in [3.8, 4) is 0 Å². The number of aliphatic hydroxyl groups is 1. The van der Waals surface area contributed by atoms with Gasteiger partial charge in [-0.2, -0.15) is 0 Å². The van der Waals surface area contributed by atoms with Crippen LogP contribution in [0.4, 0.5) is 0 Å². The second-order valence-corrected chi connectivity index (χ2v) is 9.39. The van der Waals surface area contributed by atoms with E-state index in [2.05, 4.69) is 26.0 Å². The van der Waals surface area contributed by atoms with E-state index in [1.54, 1.807) is 0 Å². The summed E-state index contributed by atoms with van der Waals surface area (Å²) in [6.45, 7) is 6.52. The molecule has 3 heteroatoms. The van der Waals surface area contributed by atoms with Gasteiger partial charge in [-0.1, -0.05) is 116 Å². The van der Waals surface area contributed by atoms with E-state index in [1.165, 1.54) is 122 Å². The zero-order valence-corrected chi connectivity index (χ0v) is 22.0. The first kappa shape index (κ1) is 31.6. The number of aliphatic hydroxyl groups excluding tert-OH is 1. The van der Waals surface area contributed by atoms with Crippen molar-refractivity contribution < 1.29 is 14.6 Å². The average Bonchev–Trinajstić information content (AvgIpc) is 2.80. The first-order valence-corrected chi connectivity index (χ1v) is 14.3. The summed E-state index contributed by atoms with van der Waals surface area (Å²) in [7, 11) is 0. The Morgan fingerprint density at radius 3 is 1.50 bits per heavy atom. The Labute approximate surface area is 201 Å². The lowest BCUT2D eigenvalue weighted by Crippen LogP contribution is -2.19. The largest absolute Gasteiger partial charge is 0.396 e. The molecule has 0 bridgehead atoms. The Hall–Kier alpha value is -0.380. The fraction of sp³-hybridized carbons (Fsp3) is 0.931. The molecule has 32 heavy (non-hydrogen) atoms. The van der Waals surface area contributed by atoms with E-state index >= 15 is 0 Å². The van der Waals surface area contributed by atoms with Gasteiger partial charge in [0, 0.05) is 19.8 Å². The van der Waals surface area contributed by atoms with Crippen LogP contribution in [0, 0.1) is 0 Å². The highest BCUT2D eigenvalue weighted by atomic mass is 16.7. The minimum absolute atomic E-state index is 0.0197. The molecule has 192 valence electrons. The van der Waals surface area contributed by atoms with E-state index in [-0.39, 0.29) is 12.9 Å². The van der Waals surface area contributed by atoms with Crippen LogP contribution >= 0.6 is 0 Å². The molecule has 0 aromatic rings. The average molecular weight is 455 g/mol. The monoisotopic (exact) mass is 454 g/mol. The first-order valence-electron chi connectivity index (χ1n) is 14.3. The minimum atomic E-state index is 0.0197. The lowest BCUT2D eigenvalue weighted by molar-refractivity contribution is -0.148. The SMILES string of the molecule is CCCCCCCOC(CCCCCCCCCC/C=C\CCO)OCCCCCCC. The van der Waals surface area contributed by atoms with E-state index in [9.17, 15) is 0 Å². The number of allylic oxidation sites excluding steroid dienone is 1. The van der Waals surface area contributed by atoms with Crippen molar-refractivity contribution in [2.24, 2.45) is 0 Å². The fourth-order valence-corrected chi connectivity index (χ4v) is 4.00. The number of unbranched alkanes of at least 4 members (excludes halogenated alkanes) is 16. The van der Waals surface area contributed by atoms with Crippen molar-refractivity contribution >= 4 is 0 Å². The van der Waals surface area contributed by atoms with Gasteiger partial charge in [0.25, 0.3) is 0 Å². The number of rotatable bonds is 27. The molecule has 0 spiro atoms. The van der Waals surface area contributed by atoms with Gasteiger partial charge in [0.15, 0.2) is 6.29 Å². The van der Waals surface area contributed by atoms with Gasteiger partial charge in [0.1, 0.15) is 0 Å². The molecule has 0 radical (unpaired) electrons. The summed E-state index contributed by atoms with van der Waals surface area (Å²) in [4.78, 5) is 0. The summed E-state index contributed by atoms with van der Waals surface area (Å²) >= 11 is 0. The van der Waals surface area contributed by atoms with Crippen molar-refractivity contribution in [2.45, 2.75) is 155 Å². The summed E-state index contributed by atoms with van der Waals surface area (Å²) < 4.78 is 12.2. The van der Waals surface area contributed by atoms with Gasteiger partial charge in [0.2, 0.25) is 0 Å². The maximum atomic E-state index is 8.74. The van der Waals surface area contributed by atoms with Gasteiger partial charge in [-0.15, -0.1) is 0 Å². The summed E-state index contributed by atoms with van der Waals surface area (Å²) in [6.07, 6.45) is 30.8. The molecular weight excluding hydrogens is 396 g/mol. The van der Waals surface area contributed by atoms with Crippen molar-refractivity contribution in [1.29, 1.82) is 0 Å². The number of ether oxygens (including phenoxy) is 2. The van der Waals surface area contributed by atoms with Crippen LogP contribution < -0.4 is 0 Å². The van der Waals surface area contributed by atoms with Crippen LogP contribution in [0.15, 0.2) is 12.2 Å². The molecule has 3 nitrogen and oxygen atoms in total. The van der Waals surface area contributed by atoms with Crippen LogP contribution in [0.1, 0.15) is 149 Å². The second kappa shape index (κ2) is 28.7. The van der Waals surface area contributed by atoms with E-state index in [0.29, 0.717) is 0 Å². The van der Waals surface area contributed by atoms with E-state index < -0.39 is 0 Å². The van der Waals surface area contributed by atoms with Gasteiger partial charge in [-0.05, 0) is 44.9 Å². The molecule has 1 N–H and O–H groups in total. The van der Waals surface area contributed by atoms with Crippen molar-refractivity contribution in [2.75, 3.05) is 19.8 Å². The summed E-state index contributed by atoms with van der Waals surface area (Å²) in [5.41, 5.74) is 0. The van der Waals surface area contributed by atoms with E-state index in [1.807, 2.05) is 0 Å².